The number of hydrogen-bond acceptors (Lipinski definition) is 4. The summed E-state index contributed by atoms with van der Waals surface area (Å²) in [7, 11) is -1.26. The molecule has 0 aliphatic rings. The van der Waals surface area contributed by atoms with Crippen LogP contribution in [0.5, 0.6) is 0 Å². The molecule has 0 unspecified atom stereocenters. The van der Waals surface area contributed by atoms with Crippen molar-refractivity contribution >= 4 is 14.0 Å². The van der Waals surface area contributed by atoms with Crippen molar-refractivity contribution in [1.29, 1.82) is 0 Å². The van der Waals surface area contributed by atoms with Crippen molar-refractivity contribution in [1.82, 2.24) is 0 Å². The van der Waals surface area contributed by atoms with Gasteiger partial charge in [0.2, 0.25) is 0 Å². The Balaban J connectivity index is 3.89. The van der Waals surface area contributed by atoms with Gasteiger partial charge in [-0.15, -0.1) is 0 Å². The van der Waals surface area contributed by atoms with Crippen LogP contribution in [0.3, 0.4) is 0 Å². The van der Waals surface area contributed by atoms with Crippen molar-refractivity contribution in [3.05, 3.63) is 24.3 Å². The molecule has 5 heteroatoms. The molecule has 2 atom stereocenters. The van der Waals surface area contributed by atoms with Crippen molar-refractivity contribution in [2.24, 2.45) is 0 Å². The van der Waals surface area contributed by atoms with Crippen LogP contribution < -0.4 is 0 Å². The summed E-state index contributed by atoms with van der Waals surface area (Å²) in [6.07, 6.45) is 7.40. The Labute approximate surface area is 129 Å². The Kier molecular flexibility index (Phi) is 10.3. The fourth-order valence-electron chi connectivity index (χ4n) is 1.87. The van der Waals surface area contributed by atoms with Gasteiger partial charge < -0.3 is 14.9 Å². The third-order valence-electron chi connectivity index (χ3n) is 2.79. The van der Waals surface area contributed by atoms with E-state index in [1.165, 1.54) is 0 Å². The summed E-state index contributed by atoms with van der Waals surface area (Å²) in [5, 5.41) is 19.5. The van der Waals surface area contributed by atoms with Crippen molar-refractivity contribution in [3.8, 4) is 0 Å². The molecule has 21 heavy (non-hydrogen) atoms. The van der Waals surface area contributed by atoms with Crippen LogP contribution in [0.25, 0.3) is 0 Å². The molecule has 0 saturated heterocycles. The molecule has 0 radical (unpaired) electrons. The fraction of sp³-hybridized carbons (Fsp3) is 0.688. The lowest BCUT2D eigenvalue weighted by atomic mass is 10.1. The lowest BCUT2D eigenvalue weighted by Crippen LogP contribution is -2.25. The van der Waals surface area contributed by atoms with E-state index in [0.717, 1.165) is 6.04 Å². The molecule has 0 fully saturated rings. The molecule has 0 aromatic heterocycles. The van der Waals surface area contributed by atoms with Gasteiger partial charge in [0, 0.05) is 14.5 Å². The molecule has 0 aliphatic heterocycles. The van der Waals surface area contributed by atoms with Gasteiger partial charge in [-0.3, -0.25) is 4.79 Å². The van der Waals surface area contributed by atoms with E-state index in [2.05, 4.69) is 19.6 Å². The van der Waals surface area contributed by atoms with Gasteiger partial charge in [0.25, 0.3) is 0 Å². The minimum Gasteiger partial charge on any atom is -0.466 e. The third kappa shape index (κ3) is 13.8. The predicted octanol–water partition coefficient (Wildman–Crippen LogP) is 2.89. The first-order valence-corrected chi connectivity index (χ1v) is 11.3. The molecule has 0 heterocycles. The number of rotatable bonds is 10. The minimum absolute atomic E-state index is 0.219. The van der Waals surface area contributed by atoms with E-state index >= 15 is 0 Å². The van der Waals surface area contributed by atoms with E-state index in [1.807, 2.05) is 0 Å². The topological polar surface area (TPSA) is 66.8 Å². The first-order valence-electron chi connectivity index (χ1n) is 7.61. The largest absolute Gasteiger partial charge is 0.466 e. The molecule has 0 saturated carbocycles. The summed E-state index contributed by atoms with van der Waals surface area (Å²) in [6.45, 7) is 8.82. The predicted molar refractivity (Wildman–Crippen MR) is 88.9 cm³/mol. The van der Waals surface area contributed by atoms with Crippen molar-refractivity contribution in [2.45, 2.75) is 64.1 Å². The van der Waals surface area contributed by atoms with Gasteiger partial charge in [-0.05, 0) is 25.8 Å². The van der Waals surface area contributed by atoms with Crippen LogP contribution in [-0.4, -0.2) is 43.1 Å². The number of carbonyl (C=O) groups is 1. The molecule has 0 aromatic carbocycles. The molecule has 0 spiro atoms. The second-order valence-electron chi connectivity index (χ2n) is 6.37. The molecule has 0 bridgehead atoms. The summed E-state index contributed by atoms with van der Waals surface area (Å²) >= 11 is 0. The van der Waals surface area contributed by atoms with Crippen LogP contribution in [-0.2, 0) is 9.53 Å². The second kappa shape index (κ2) is 10.8. The summed E-state index contributed by atoms with van der Waals surface area (Å²) in [4.78, 5) is 11.1. The van der Waals surface area contributed by atoms with Crippen LogP contribution in [0.15, 0.2) is 24.3 Å². The number of aliphatic hydroxyl groups excluding tert-OH is 2. The molecular formula is C16H30O4Si. The molecular weight excluding hydrogens is 284 g/mol. The van der Waals surface area contributed by atoms with Gasteiger partial charge in [0.05, 0.1) is 18.8 Å². The average molecular weight is 314 g/mol. The zero-order valence-electron chi connectivity index (χ0n) is 13.7. The van der Waals surface area contributed by atoms with Crippen molar-refractivity contribution in [2.75, 3.05) is 6.61 Å². The number of allylic oxidation sites excluding steroid dienone is 2. The zero-order valence-corrected chi connectivity index (χ0v) is 14.7. The normalized spacial score (nSPS) is 15.5. The quantitative estimate of drug-likeness (QED) is 0.370. The Morgan fingerprint density at radius 1 is 1.14 bits per heavy atom. The summed E-state index contributed by atoms with van der Waals surface area (Å²) in [5.74, 6) is -0.219. The maximum absolute atomic E-state index is 11.1. The van der Waals surface area contributed by atoms with E-state index in [9.17, 15) is 15.0 Å². The second-order valence-corrected chi connectivity index (χ2v) is 11.9. The van der Waals surface area contributed by atoms with Gasteiger partial charge >= 0.3 is 5.97 Å². The lowest BCUT2D eigenvalue weighted by molar-refractivity contribution is -0.143. The summed E-state index contributed by atoms with van der Waals surface area (Å²) in [6, 6.07) is 0.833. The number of aliphatic hydroxyl groups is 2. The van der Waals surface area contributed by atoms with Crippen molar-refractivity contribution < 1.29 is 19.7 Å². The number of ether oxygens (including phenoxy) is 1. The first kappa shape index (κ1) is 20.1. The minimum atomic E-state index is -1.26. The monoisotopic (exact) mass is 314 g/mol. The lowest BCUT2D eigenvalue weighted by Gasteiger charge is -2.17. The standard InChI is InChI=1S/C16H30O4Si/c1-5-20-16(19)12-8-11-14(17)9-6-7-10-15(18)13-21(2,3)4/h6-7,9-10,14-15,17-18H,5,8,11-13H2,1-4H3/b9-6+,10-7+/t14-,15-/m1/s1. The van der Waals surface area contributed by atoms with Gasteiger partial charge in [-0.2, -0.15) is 0 Å². The van der Waals surface area contributed by atoms with Crippen LogP contribution >= 0.6 is 0 Å². The van der Waals surface area contributed by atoms with Crippen LogP contribution in [0.2, 0.25) is 25.7 Å². The Morgan fingerprint density at radius 3 is 2.24 bits per heavy atom. The van der Waals surface area contributed by atoms with E-state index in [4.69, 9.17) is 4.74 Å². The number of esters is 1. The van der Waals surface area contributed by atoms with E-state index in [-0.39, 0.29) is 5.97 Å². The average Bonchev–Trinajstić information content (AvgIpc) is 2.33. The molecule has 4 nitrogen and oxygen atoms in total. The molecule has 0 aromatic rings. The molecule has 0 amide bonds. The highest BCUT2D eigenvalue weighted by Gasteiger charge is 2.16. The highest BCUT2D eigenvalue weighted by Crippen LogP contribution is 2.12. The van der Waals surface area contributed by atoms with Gasteiger partial charge in [0.1, 0.15) is 0 Å². The molecule has 2 N–H and O–H groups in total. The Morgan fingerprint density at radius 2 is 1.71 bits per heavy atom. The molecule has 0 aliphatic carbocycles. The van der Waals surface area contributed by atoms with Gasteiger partial charge in [-0.25, -0.2) is 0 Å². The first-order chi connectivity index (χ1) is 9.74. The Hall–Kier alpha value is -0.913. The SMILES string of the molecule is CCOC(=O)CCC[C@H](O)/C=C/C=C/[C@@H](O)C[Si](C)(C)C. The maximum Gasteiger partial charge on any atom is 0.305 e. The maximum atomic E-state index is 11.1. The number of carbonyl (C=O) groups excluding carboxylic acids is 1. The van der Waals surface area contributed by atoms with E-state index in [0.29, 0.717) is 25.9 Å². The van der Waals surface area contributed by atoms with Gasteiger partial charge in [-0.1, -0.05) is 43.9 Å². The van der Waals surface area contributed by atoms with Crippen LogP contribution in [0, 0.1) is 0 Å². The molecule has 122 valence electrons. The highest BCUT2D eigenvalue weighted by molar-refractivity contribution is 6.76. The highest BCUT2D eigenvalue weighted by atomic mass is 28.3. The number of hydrogen-bond donors (Lipinski definition) is 2. The zero-order chi connectivity index (χ0) is 16.3. The van der Waals surface area contributed by atoms with Crippen molar-refractivity contribution in [3.63, 3.8) is 0 Å². The van der Waals surface area contributed by atoms with Crippen LogP contribution in [0.4, 0.5) is 0 Å². The molecule has 0 rings (SSSR count). The summed E-state index contributed by atoms with van der Waals surface area (Å²) < 4.78 is 4.81. The van der Waals surface area contributed by atoms with E-state index in [1.54, 1.807) is 31.2 Å². The van der Waals surface area contributed by atoms with Crippen LogP contribution in [0.1, 0.15) is 26.2 Å². The van der Waals surface area contributed by atoms with Gasteiger partial charge in [0.15, 0.2) is 0 Å². The summed E-state index contributed by atoms with van der Waals surface area (Å²) in [5.41, 5.74) is 0. The smallest absolute Gasteiger partial charge is 0.305 e. The fourth-order valence-corrected chi connectivity index (χ4v) is 3.26. The Bertz CT molecular complexity index is 345. The third-order valence-corrected chi connectivity index (χ3v) is 4.43. The van der Waals surface area contributed by atoms with E-state index < -0.39 is 20.3 Å².